The van der Waals surface area contributed by atoms with Crippen molar-refractivity contribution in [3.63, 3.8) is 0 Å². The van der Waals surface area contributed by atoms with Gasteiger partial charge in [-0.05, 0) is 18.7 Å². The van der Waals surface area contributed by atoms with Crippen molar-refractivity contribution in [3.8, 4) is 6.07 Å². The monoisotopic (exact) mass is 295 g/mol. The molecule has 5 nitrogen and oxygen atoms in total. The van der Waals surface area contributed by atoms with Gasteiger partial charge in [-0.1, -0.05) is 44.2 Å². The summed E-state index contributed by atoms with van der Waals surface area (Å²) in [7, 11) is 0. The lowest BCUT2D eigenvalue weighted by molar-refractivity contribution is 0.228. The minimum atomic E-state index is 0.272. The number of nitrogens with zero attached hydrogens (tertiary/aromatic N) is 4. The molecule has 0 saturated carbocycles. The molecule has 0 radical (unpaired) electrons. The lowest BCUT2D eigenvalue weighted by Crippen LogP contribution is -2.33. The van der Waals surface area contributed by atoms with E-state index in [9.17, 15) is 0 Å². The Hall–Kier alpha value is -2.45. The van der Waals surface area contributed by atoms with E-state index in [1.807, 2.05) is 12.1 Å². The van der Waals surface area contributed by atoms with Crippen LogP contribution >= 0.6 is 0 Å². The van der Waals surface area contributed by atoms with E-state index >= 15 is 0 Å². The highest BCUT2D eigenvalue weighted by molar-refractivity contribution is 5.34. The van der Waals surface area contributed by atoms with Gasteiger partial charge in [-0.15, -0.1) is 0 Å². The van der Waals surface area contributed by atoms with Gasteiger partial charge >= 0.3 is 0 Å². The smallest absolute Gasteiger partial charge is 0.158 e. The predicted molar refractivity (Wildman–Crippen MR) is 87.3 cm³/mol. The molecule has 1 unspecified atom stereocenters. The van der Waals surface area contributed by atoms with Crippen LogP contribution in [0.2, 0.25) is 0 Å². The molecule has 0 spiro atoms. The van der Waals surface area contributed by atoms with Crippen molar-refractivity contribution in [2.75, 3.05) is 25.0 Å². The zero-order valence-electron chi connectivity index (χ0n) is 13.0. The van der Waals surface area contributed by atoms with Gasteiger partial charge in [-0.3, -0.25) is 4.90 Å². The number of nitrogens with one attached hydrogen (secondary N) is 1. The van der Waals surface area contributed by atoms with Gasteiger partial charge < -0.3 is 5.32 Å². The normalized spacial score (nSPS) is 11.9. The summed E-state index contributed by atoms with van der Waals surface area (Å²) in [6.45, 7) is 7.04. The molecule has 1 heterocycles. The number of aromatic nitrogens is 2. The lowest BCUT2D eigenvalue weighted by Gasteiger charge is -2.30. The Bertz CT molecular complexity index is 599. The molecular formula is C17H21N5. The van der Waals surface area contributed by atoms with Gasteiger partial charge in [0, 0.05) is 6.54 Å². The summed E-state index contributed by atoms with van der Waals surface area (Å²) >= 11 is 0. The molecule has 2 rings (SSSR count). The van der Waals surface area contributed by atoms with E-state index in [0.717, 1.165) is 19.6 Å². The molecule has 0 saturated heterocycles. The van der Waals surface area contributed by atoms with Gasteiger partial charge in [0.15, 0.2) is 5.69 Å². The van der Waals surface area contributed by atoms with Crippen molar-refractivity contribution in [1.29, 1.82) is 5.26 Å². The largest absolute Gasteiger partial charge is 0.367 e. The van der Waals surface area contributed by atoms with Crippen LogP contribution in [-0.4, -0.2) is 34.5 Å². The van der Waals surface area contributed by atoms with Crippen LogP contribution in [0.25, 0.3) is 0 Å². The van der Waals surface area contributed by atoms with Gasteiger partial charge in [-0.25, -0.2) is 9.97 Å². The Labute approximate surface area is 131 Å². The van der Waals surface area contributed by atoms with Crippen LogP contribution in [0.1, 0.15) is 31.1 Å². The van der Waals surface area contributed by atoms with Gasteiger partial charge in [0.25, 0.3) is 0 Å². The fourth-order valence-corrected chi connectivity index (χ4v) is 2.48. The molecule has 0 aliphatic carbocycles. The Kier molecular flexibility index (Phi) is 5.87. The summed E-state index contributed by atoms with van der Waals surface area (Å²) < 4.78 is 0. The number of rotatable bonds is 7. The first-order chi connectivity index (χ1) is 10.8. The summed E-state index contributed by atoms with van der Waals surface area (Å²) in [5.74, 6) is 0.687. The predicted octanol–water partition coefficient (Wildman–Crippen LogP) is 2.84. The van der Waals surface area contributed by atoms with Crippen LogP contribution in [-0.2, 0) is 0 Å². The summed E-state index contributed by atoms with van der Waals surface area (Å²) in [5.41, 5.74) is 1.61. The number of nitriles is 1. The molecule has 1 atom stereocenters. The topological polar surface area (TPSA) is 64.8 Å². The van der Waals surface area contributed by atoms with E-state index in [1.165, 1.54) is 11.8 Å². The van der Waals surface area contributed by atoms with E-state index in [-0.39, 0.29) is 6.04 Å². The Morgan fingerprint density at radius 2 is 1.86 bits per heavy atom. The van der Waals surface area contributed by atoms with E-state index in [2.05, 4.69) is 58.3 Å². The van der Waals surface area contributed by atoms with Gasteiger partial charge in [0.05, 0.1) is 18.4 Å². The molecule has 0 aliphatic heterocycles. The average Bonchev–Trinajstić information content (AvgIpc) is 2.60. The Morgan fingerprint density at radius 1 is 1.14 bits per heavy atom. The lowest BCUT2D eigenvalue weighted by atomic mass is 10.1. The zero-order chi connectivity index (χ0) is 15.8. The third kappa shape index (κ3) is 4.03. The van der Waals surface area contributed by atoms with E-state index < -0.39 is 0 Å². The van der Waals surface area contributed by atoms with Gasteiger partial charge in [0.1, 0.15) is 11.9 Å². The first kappa shape index (κ1) is 15.9. The summed E-state index contributed by atoms with van der Waals surface area (Å²) in [4.78, 5) is 10.6. The first-order valence-corrected chi connectivity index (χ1v) is 7.53. The molecule has 0 bridgehead atoms. The quantitative estimate of drug-likeness (QED) is 0.851. The number of benzene rings is 1. The fourth-order valence-electron chi connectivity index (χ4n) is 2.48. The standard InChI is InChI=1S/C17H21N5/c1-3-22(4-2)16(14-8-6-5-7-9-14)12-21-17-13-19-15(10-18)11-20-17/h5-9,11,13,16H,3-4,12H2,1-2H3,(H,20,21). The SMILES string of the molecule is CCN(CC)C(CNc1cnc(C#N)cn1)c1ccccc1. The Balaban J connectivity index is 2.11. The maximum absolute atomic E-state index is 8.75. The van der Waals surface area contributed by atoms with Crippen LogP contribution in [0.3, 0.4) is 0 Å². The van der Waals surface area contributed by atoms with Crippen molar-refractivity contribution in [1.82, 2.24) is 14.9 Å². The van der Waals surface area contributed by atoms with Crippen molar-refractivity contribution >= 4 is 5.82 Å². The minimum absolute atomic E-state index is 0.272. The maximum atomic E-state index is 8.75. The van der Waals surface area contributed by atoms with Crippen LogP contribution in [0.4, 0.5) is 5.82 Å². The van der Waals surface area contributed by atoms with E-state index in [1.54, 1.807) is 6.20 Å². The zero-order valence-corrected chi connectivity index (χ0v) is 13.0. The average molecular weight is 295 g/mol. The number of anilines is 1. The van der Waals surface area contributed by atoms with E-state index in [0.29, 0.717) is 11.5 Å². The third-order valence-corrected chi connectivity index (χ3v) is 3.68. The molecule has 1 aromatic heterocycles. The molecule has 22 heavy (non-hydrogen) atoms. The molecule has 1 aromatic carbocycles. The second-order valence-electron chi connectivity index (χ2n) is 4.93. The van der Waals surface area contributed by atoms with Crippen molar-refractivity contribution in [2.45, 2.75) is 19.9 Å². The maximum Gasteiger partial charge on any atom is 0.158 e. The third-order valence-electron chi connectivity index (χ3n) is 3.68. The number of hydrogen-bond donors (Lipinski definition) is 1. The molecule has 0 amide bonds. The van der Waals surface area contributed by atoms with Crippen molar-refractivity contribution < 1.29 is 0 Å². The molecule has 114 valence electrons. The van der Waals surface area contributed by atoms with Crippen LogP contribution in [0.15, 0.2) is 42.7 Å². The summed E-state index contributed by atoms with van der Waals surface area (Å²) in [5, 5.41) is 12.1. The first-order valence-electron chi connectivity index (χ1n) is 7.53. The Morgan fingerprint density at radius 3 is 2.41 bits per heavy atom. The highest BCUT2D eigenvalue weighted by Gasteiger charge is 2.17. The molecule has 1 N–H and O–H groups in total. The van der Waals surface area contributed by atoms with Gasteiger partial charge in [-0.2, -0.15) is 5.26 Å². The molecule has 0 fully saturated rings. The van der Waals surface area contributed by atoms with Crippen molar-refractivity contribution in [2.24, 2.45) is 0 Å². The number of hydrogen-bond acceptors (Lipinski definition) is 5. The fraction of sp³-hybridized carbons (Fsp3) is 0.353. The molecular weight excluding hydrogens is 274 g/mol. The highest BCUT2D eigenvalue weighted by Crippen LogP contribution is 2.20. The molecule has 5 heteroatoms. The van der Waals surface area contributed by atoms with E-state index in [4.69, 9.17) is 5.26 Å². The number of likely N-dealkylation sites (N-methyl/N-ethyl adjacent to an activating group) is 1. The van der Waals surface area contributed by atoms with Crippen LogP contribution < -0.4 is 5.32 Å². The summed E-state index contributed by atoms with van der Waals surface area (Å²) in [6.07, 6.45) is 3.08. The minimum Gasteiger partial charge on any atom is -0.367 e. The highest BCUT2D eigenvalue weighted by atomic mass is 15.2. The van der Waals surface area contributed by atoms with Gasteiger partial charge in [0.2, 0.25) is 0 Å². The molecule has 2 aromatic rings. The van der Waals surface area contributed by atoms with Crippen molar-refractivity contribution in [3.05, 3.63) is 54.0 Å². The molecule has 0 aliphatic rings. The summed E-state index contributed by atoms with van der Waals surface area (Å²) in [6, 6.07) is 12.7. The second kappa shape index (κ2) is 8.11. The second-order valence-corrected chi connectivity index (χ2v) is 4.93. The van der Waals surface area contributed by atoms with Crippen LogP contribution in [0.5, 0.6) is 0 Å². The van der Waals surface area contributed by atoms with Crippen LogP contribution in [0, 0.1) is 11.3 Å².